The van der Waals surface area contributed by atoms with Crippen LogP contribution in [0, 0.1) is 5.41 Å². The van der Waals surface area contributed by atoms with Gasteiger partial charge in [0.2, 0.25) is 0 Å². The lowest BCUT2D eigenvalue weighted by atomic mass is 9.86. The highest BCUT2D eigenvalue weighted by Gasteiger charge is 2.45. The van der Waals surface area contributed by atoms with Crippen LogP contribution in [-0.2, 0) is 5.41 Å². The van der Waals surface area contributed by atoms with Gasteiger partial charge in [0.1, 0.15) is 0 Å². The lowest BCUT2D eigenvalue weighted by Crippen LogP contribution is -2.39. The third kappa shape index (κ3) is 7.27. The molecule has 0 spiro atoms. The molecule has 0 radical (unpaired) electrons. The Labute approximate surface area is 199 Å². The summed E-state index contributed by atoms with van der Waals surface area (Å²) in [6.45, 7) is 11.9. The monoisotopic (exact) mass is 488 g/mol. The molecule has 0 aliphatic heterocycles. The number of benzene rings is 2. The third-order valence-electron chi connectivity index (χ3n) is 4.50. The first-order valence-electron chi connectivity index (χ1n) is 9.49. The van der Waals surface area contributed by atoms with Crippen LogP contribution in [0.4, 0.5) is 0 Å². The number of ketones is 2. The summed E-state index contributed by atoms with van der Waals surface area (Å²) in [5.41, 5.74) is 1.86. The summed E-state index contributed by atoms with van der Waals surface area (Å²) in [6, 6.07) is 16.3. The highest BCUT2D eigenvalue weighted by atomic mass is 35.5. The Kier molecular flexibility index (Phi) is 9.44. The molecule has 0 atom stereocenters. The first kappa shape index (κ1) is 27.0. The zero-order chi connectivity index (χ0) is 23.3. The molecule has 0 heterocycles. The average molecular weight is 490 g/mol. The first-order chi connectivity index (χ1) is 13.6. The second kappa shape index (κ2) is 10.5. The molecule has 30 heavy (non-hydrogen) atoms. The first-order valence-corrected chi connectivity index (χ1v) is 11.1. The summed E-state index contributed by atoms with van der Waals surface area (Å²) in [6.07, 6.45) is 0. The molecule has 6 heteroatoms. The van der Waals surface area contributed by atoms with Crippen LogP contribution in [0.1, 0.15) is 67.8 Å². The van der Waals surface area contributed by atoms with Crippen molar-refractivity contribution < 1.29 is 9.59 Å². The minimum Gasteiger partial charge on any atom is -0.291 e. The molecular weight excluding hydrogens is 462 g/mol. The summed E-state index contributed by atoms with van der Waals surface area (Å²) in [5.74, 6) is -0.502. The second-order valence-corrected chi connectivity index (χ2v) is 11.4. The molecule has 0 N–H and O–H groups in total. The van der Waals surface area contributed by atoms with Gasteiger partial charge in [0.15, 0.2) is 20.7 Å². The largest absolute Gasteiger partial charge is 0.291 e. The average Bonchev–Trinajstić information content (AvgIpc) is 2.66. The van der Waals surface area contributed by atoms with Crippen LogP contribution in [0.15, 0.2) is 54.6 Å². The van der Waals surface area contributed by atoms with Crippen molar-refractivity contribution in [3.8, 4) is 0 Å². The maximum absolute atomic E-state index is 12.0. The van der Waals surface area contributed by atoms with Crippen LogP contribution >= 0.6 is 46.4 Å². The number of alkyl halides is 4. The van der Waals surface area contributed by atoms with E-state index in [-0.39, 0.29) is 17.0 Å². The van der Waals surface area contributed by atoms with Gasteiger partial charge in [-0.25, -0.2) is 0 Å². The van der Waals surface area contributed by atoms with Crippen LogP contribution in [0.5, 0.6) is 0 Å². The molecule has 2 nitrogen and oxygen atoms in total. The fraction of sp³-hybridized carbons (Fsp3) is 0.417. The normalized spacial score (nSPS) is 12.2. The van der Waals surface area contributed by atoms with Crippen molar-refractivity contribution in [2.24, 2.45) is 5.41 Å². The molecule has 0 saturated carbocycles. The number of carbonyl (C=O) groups is 2. The van der Waals surface area contributed by atoms with Gasteiger partial charge in [-0.1, -0.05) is 143 Å². The van der Waals surface area contributed by atoms with Crippen LogP contribution in [0.2, 0.25) is 0 Å². The highest BCUT2D eigenvalue weighted by molar-refractivity contribution is 6.60. The lowest BCUT2D eigenvalue weighted by Gasteiger charge is -2.32. The van der Waals surface area contributed by atoms with E-state index in [1.165, 1.54) is 5.56 Å². The quantitative estimate of drug-likeness (QED) is 0.321. The molecule has 0 unspecified atom stereocenters. The summed E-state index contributed by atoms with van der Waals surface area (Å²) in [7, 11) is 0. The van der Waals surface area contributed by atoms with Crippen LogP contribution in [0.25, 0.3) is 0 Å². The minimum absolute atomic E-state index is 0.0862. The molecule has 0 amide bonds. The van der Waals surface area contributed by atoms with Crippen molar-refractivity contribution in [3.63, 3.8) is 0 Å². The van der Waals surface area contributed by atoms with E-state index in [1.807, 2.05) is 39.0 Å². The molecule has 2 aromatic carbocycles. The Hall–Kier alpha value is -1.06. The number of carbonyl (C=O) groups excluding carboxylic acids is 2. The van der Waals surface area contributed by atoms with Crippen LogP contribution < -0.4 is 0 Å². The lowest BCUT2D eigenvalue weighted by molar-refractivity contribution is 0.0921. The maximum Gasteiger partial charge on any atom is 0.199 e. The minimum atomic E-state index is -1.39. The van der Waals surface area contributed by atoms with E-state index in [0.717, 1.165) is 0 Å². The summed E-state index contributed by atoms with van der Waals surface area (Å²) >= 11 is 23.2. The molecular formula is C24H28Cl4O2. The summed E-state index contributed by atoms with van der Waals surface area (Å²) in [5, 5.41) is 0. The van der Waals surface area contributed by atoms with E-state index in [0.29, 0.717) is 11.1 Å². The van der Waals surface area contributed by atoms with Gasteiger partial charge in [0.05, 0.1) is 0 Å². The smallest absolute Gasteiger partial charge is 0.199 e. The van der Waals surface area contributed by atoms with E-state index in [4.69, 9.17) is 46.4 Å². The van der Waals surface area contributed by atoms with Gasteiger partial charge in [-0.3, -0.25) is 9.59 Å². The van der Waals surface area contributed by atoms with Gasteiger partial charge >= 0.3 is 0 Å². The zero-order valence-electron chi connectivity index (χ0n) is 18.1. The molecule has 0 aliphatic rings. The second-order valence-electron chi connectivity index (χ2n) is 9.01. The predicted octanol–water partition coefficient (Wildman–Crippen LogP) is 8.06. The van der Waals surface area contributed by atoms with E-state index < -0.39 is 14.6 Å². The van der Waals surface area contributed by atoms with Gasteiger partial charge in [-0.2, -0.15) is 0 Å². The Balaban J connectivity index is 0.000000300. The molecule has 0 bridgehead atoms. The Bertz CT molecular complexity index is 844. The Morgan fingerprint density at radius 3 is 1.57 bits per heavy atom. The Morgan fingerprint density at radius 1 is 0.733 bits per heavy atom. The Morgan fingerprint density at radius 2 is 1.20 bits per heavy atom. The van der Waals surface area contributed by atoms with Gasteiger partial charge < -0.3 is 0 Å². The van der Waals surface area contributed by atoms with Crippen molar-refractivity contribution in [1.82, 2.24) is 0 Å². The number of hydrogen-bond donors (Lipinski definition) is 0. The highest BCUT2D eigenvalue weighted by Crippen LogP contribution is 2.42. The van der Waals surface area contributed by atoms with Crippen molar-refractivity contribution in [3.05, 3.63) is 71.3 Å². The molecule has 2 rings (SSSR count). The van der Waals surface area contributed by atoms with E-state index in [1.54, 1.807) is 36.4 Å². The topological polar surface area (TPSA) is 34.1 Å². The molecule has 164 valence electrons. The van der Waals surface area contributed by atoms with Crippen molar-refractivity contribution in [1.29, 1.82) is 0 Å². The maximum atomic E-state index is 12.0. The third-order valence-corrected chi connectivity index (χ3v) is 6.37. The van der Waals surface area contributed by atoms with Crippen LogP contribution in [0.3, 0.4) is 0 Å². The van der Waals surface area contributed by atoms with Gasteiger partial charge in [0, 0.05) is 16.5 Å². The standard InChI is InChI=1S/2C12H14Cl2O/c1-12(2,3)9-6-4-8(5-7-9)10(15)11(13)14;1-11(2,3)12(13,14)10(15)9-7-5-4-6-8-9/h4-7,11H,1-3H3;4-8H,1-3H3. The number of Topliss-reactive ketones (excluding diaryl/α,β-unsaturated/α-hetero) is 2. The SMILES string of the molecule is CC(C)(C)C(Cl)(Cl)C(=O)c1ccccc1.CC(C)(C)c1ccc(C(=O)C(Cl)Cl)cc1. The molecule has 0 fully saturated rings. The van der Waals surface area contributed by atoms with Gasteiger partial charge in [0.25, 0.3) is 0 Å². The molecule has 0 aliphatic carbocycles. The van der Waals surface area contributed by atoms with Crippen molar-refractivity contribution in [2.75, 3.05) is 0 Å². The van der Waals surface area contributed by atoms with E-state index in [9.17, 15) is 9.59 Å². The van der Waals surface area contributed by atoms with Gasteiger partial charge in [-0.05, 0) is 11.0 Å². The fourth-order valence-electron chi connectivity index (χ4n) is 2.37. The van der Waals surface area contributed by atoms with Crippen molar-refractivity contribution >= 4 is 58.0 Å². The van der Waals surface area contributed by atoms with Crippen molar-refractivity contribution in [2.45, 2.75) is 56.1 Å². The van der Waals surface area contributed by atoms with E-state index >= 15 is 0 Å². The zero-order valence-corrected chi connectivity index (χ0v) is 21.1. The number of rotatable bonds is 4. The van der Waals surface area contributed by atoms with Crippen LogP contribution in [-0.4, -0.2) is 20.7 Å². The fourth-order valence-corrected chi connectivity index (χ4v) is 2.84. The number of hydrogen-bond acceptors (Lipinski definition) is 2. The molecule has 2 aromatic rings. The number of halogens is 4. The van der Waals surface area contributed by atoms with Gasteiger partial charge in [-0.15, -0.1) is 0 Å². The summed E-state index contributed by atoms with van der Waals surface area (Å²) in [4.78, 5) is 22.5. The molecule has 0 aromatic heterocycles. The molecule has 0 saturated heterocycles. The summed E-state index contributed by atoms with van der Waals surface area (Å²) < 4.78 is -1.39. The predicted molar refractivity (Wildman–Crippen MR) is 130 cm³/mol. The van der Waals surface area contributed by atoms with E-state index in [2.05, 4.69) is 20.8 Å².